The average molecular weight is 290 g/mol. The highest BCUT2D eigenvalue weighted by Gasteiger charge is 2.50. The number of nitrogens with one attached hydrogen (secondary N) is 1. The van der Waals surface area contributed by atoms with Crippen molar-refractivity contribution in [3.8, 4) is 0 Å². The van der Waals surface area contributed by atoms with Gasteiger partial charge in [0.25, 0.3) is 0 Å². The number of hydrogen-bond acceptors (Lipinski definition) is 2. The van der Waals surface area contributed by atoms with E-state index in [-0.39, 0.29) is 0 Å². The van der Waals surface area contributed by atoms with E-state index >= 15 is 0 Å². The molecule has 0 spiro atoms. The molecular formula is C19H34N2. The maximum atomic E-state index is 3.95. The van der Waals surface area contributed by atoms with Crippen LogP contribution in [0.4, 0.5) is 0 Å². The first kappa shape index (κ1) is 14.5. The van der Waals surface area contributed by atoms with Gasteiger partial charge in [-0.15, -0.1) is 0 Å². The fourth-order valence-corrected chi connectivity index (χ4v) is 6.49. The van der Waals surface area contributed by atoms with Crippen molar-refractivity contribution in [3.05, 3.63) is 0 Å². The van der Waals surface area contributed by atoms with Crippen LogP contribution in [0.15, 0.2) is 0 Å². The minimum atomic E-state index is 0.677. The molecule has 120 valence electrons. The quantitative estimate of drug-likeness (QED) is 0.831. The summed E-state index contributed by atoms with van der Waals surface area (Å²) < 4.78 is 0. The Morgan fingerprint density at radius 2 is 1.52 bits per heavy atom. The summed E-state index contributed by atoms with van der Waals surface area (Å²) in [5.41, 5.74) is 0.699. The zero-order valence-corrected chi connectivity index (χ0v) is 13.9. The van der Waals surface area contributed by atoms with E-state index in [1.807, 2.05) is 0 Å². The van der Waals surface area contributed by atoms with Gasteiger partial charge in [-0.05, 0) is 94.5 Å². The first-order valence-corrected chi connectivity index (χ1v) is 9.66. The normalized spacial score (nSPS) is 44.1. The molecule has 1 saturated heterocycles. The second kappa shape index (κ2) is 5.85. The van der Waals surface area contributed by atoms with Gasteiger partial charge < -0.3 is 10.2 Å². The topological polar surface area (TPSA) is 15.3 Å². The van der Waals surface area contributed by atoms with Gasteiger partial charge in [-0.25, -0.2) is 0 Å². The van der Waals surface area contributed by atoms with Gasteiger partial charge in [0.05, 0.1) is 0 Å². The van der Waals surface area contributed by atoms with E-state index in [4.69, 9.17) is 0 Å². The molecule has 1 heterocycles. The smallest absolute Gasteiger partial charge is 0.0166 e. The lowest BCUT2D eigenvalue weighted by atomic mass is 9.49. The molecule has 1 atom stereocenters. The summed E-state index contributed by atoms with van der Waals surface area (Å²) in [4.78, 5) is 2.68. The number of likely N-dealkylation sites (tertiary alicyclic amines) is 1. The Morgan fingerprint density at radius 1 is 0.952 bits per heavy atom. The molecule has 0 amide bonds. The summed E-state index contributed by atoms with van der Waals surface area (Å²) in [7, 11) is 0. The number of nitrogens with zero attached hydrogens (tertiary/aromatic N) is 1. The molecule has 0 radical (unpaired) electrons. The van der Waals surface area contributed by atoms with E-state index in [1.165, 1.54) is 45.4 Å². The molecule has 4 aliphatic carbocycles. The highest BCUT2D eigenvalue weighted by molar-refractivity contribution is 5.02. The van der Waals surface area contributed by atoms with Crippen LogP contribution in [0.1, 0.15) is 64.7 Å². The molecule has 1 aliphatic heterocycles. The van der Waals surface area contributed by atoms with Gasteiger partial charge in [0.1, 0.15) is 0 Å². The van der Waals surface area contributed by atoms with E-state index in [2.05, 4.69) is 17.1 Å². The molecule has 1 unspecified atom stereocenters. The lowest BCUT2D eigenvalue weighted by Crippen LogP contribution is -2.52. The van der Waals surface area contributed by atoms with Crippen LogP contribution in [-0.4, -0.2) is 37.1 Å². The third-order valence-corrected chi connectivity index (χ3v) is 6.97. The summed E-state index contributed by atoms with van der Waals surface area (Å²) in [6.07, 6.45) is 13.6. The Balaban J connectivity index is 1.28. The van der Waals surface area contributed by atoms with Crippen LogP contribution in [0, 0.1) is 23.2 Å². The summed E-state index contributed by atoms with van der Waals surface area (Å²) in [6.45, 7) is 7.67. The molecule has 4 bridgehead atoms. The Bertz CT molecular complexity index is 323. The molecule has 1 N–H and O–H groups in total. The molecule has 2 heteroatoms. The van der Waals surface area contributed by atoms with Crippen molar-refractivity contribution in [1.29, 1.82) is 0 Å². The van der Waals surface area contributed by atoms with E-state index in [9.17, 15) is 0 Å². The molecular weight excluding hydrogens is 256 g/mol. The third-order valence-electron chi connectivity index (χ3n) is 6.97. The van der Waals surface area contributed by atoms with Crippen molar-refractivity contribution in [2.75, 3.05) is 26.2 Å². The van der Waals surface area contributed by atoms with Crippen molar-refractivity contribution < 1.29 is 0 Å². The van der Waals surface area contributed by atoms with Crippen LogP contribution < -0.4 is 5.32 Å². The predicted octanol–water partition coefficient (Wildman–Crippen LogP) is 3.67. The van der Waals surface area contributed by atoms with Crippen molar-refractivity contribution in [1.82, 2.24) is 10.2 Å². The van der Waals surface area contributed by atoms with Crippen molar-refractivity contribution in [2.45, 2.75) is 70.8 Å². The summed E-state index contributed by atoms with van der Waals surface area (Å²) >= 11 is 0. The average Bonchev–Trinajstić information content (AvgIpc) is 2.45. The first-order valence-electron chi connectivity index (χ1n) is 9.66. The number of piperidine rings is 1. The molecule has 5 rings (SSSR count). The van der Waals surface area contributed by atoms with Crippen LogP contribution in [0.25, 0.3) is 0 Å². The Labute approximate surface area is 131 Å². The summed E-state index contributed by atoms with van der Waals surface area (Å²) in [5.74, 6) is 3.28. The molecule has 0 aromatic heterocycles. The minimum Gasteiger partial charge on any atom is -0.312 e. The zero-order valence-electron chi connectivity index (χ0n) is 13.9. The highest BCUT2D eigenvalue weighted by atomic mass is 15.1. The molecule has 5 fully saturated rings. The number of hydrogen-bond donors (Lipinski definition) is 1. The largest absolute Gasteiger partial charge is 0.312 e. The van der Waals surface area contributed by atoms with Crippen LogP contribution in [0.5, 0.6) is 0 Å². The molecule has 4 saturated carbocycles. The molecule has 5 aliphatic rings. The van der Waals surface area contributed by atoms with Crippen LogP contribution >= 0.6 is 0 Å². The molecule has 2 nitrogen and oxygen atoms in total. The molecule has 0 aromatic carbocycles. The van der Waals surface area contributed by atoms with Gasteiger partial charge in [0.2, 0.25) is 0 Å². The Kier molecular flexibility index (Phi) is 4.04. The van der Waals surface area contributed by atoms with Gasteiger partial charge in [-0.3, -0.25) is 0 Å². The monoisotopic (exact) mass is 290 g/mol. The van der Waals surface area contributed by atoms with E-state index < -0.39 is 0 Å². The van der Waals surface area contributed by atoms with Crippen molar-refractivity contribution in [3.63, 3.8) is 0 Å². The SMILES string of the molecule is CC(CN1CCCCC1)NCC12CC3CC(CC(C3)C1)C2. The van der Waals surface area contributed by atoms with E-state index in [1.54, 1.807) is 38.5 Å². The lowest BCUT2D eigenvalue weighted by Gasteiger charge is -2.57. The van der Waals surface area contributed by atoms with Crippen LogP contribution in [0.2, 0.25) is 0 Å². The fraction of sp³-hybridized carbons (Fsp3) is 1.00. The maximum Gasteiger partial charge on any atom is 0.0166 e. The van der Waals surface area contributed by atoms with Gasteiger partial charge >= 0.3 is 0 Å². The van der Waals surface area contributed by atoms with Crippen LogP contribution in [-0.2, 0) is 0 Å². The van der Waals surface area contributed by atoms with Gasteiger partial charge in [0.15, 0.2) is 0 Å². The van der Waals surface area contributed by atoms with Gasteiger partial charge in [-0.1, -0.05) is 6.42 Å². The standard InChI is InChI=1S/C19H34N2/c1-15(13-21-5-3-2-4-6-21)20-14-19-10-16-7-17(11-19)9-18(8-16)12-19/h15-18,20H,2-14H2,1H3. The predicted molar refractivity (Wildman–Crippen MR) is 88.4 cm³/mol. The third kappa shape index (κ3) is 3.17. The molecule has 21 heavy (non-hydrogen) atoms. The van der Waals surface area contributed by atoms with Gasteiger partial charge in [0, 0.05) is 19.1 Å². The van der Waals surface area contributed by atoms with Crippen molar-refractivity contribution in [2.24, 2.45) is 23.2 Å². The fourth-order valence-electron chi connectivity index (χ4n) is 6.49. The molecule has 0 aromatic rings. The second-order valence-corrected chi connectivity index (χ2v) is 9.06. The maximum absolute atomic E-state index is 3.95. The van der Waals surface area contributed by atoms with E-state index in [0.717, 1.165) is 17.8 Å². The first-order chi connectivity index (χ1) is 10.2. The summed E-state index contributed by atoms with van der Waals surface area (Å²) in [5, 5.41) is 3.95. The zero-order chi connectivity index (χ0) is 14.3. The summed E-state index contributed by atoms with van der Waals surface area (Å²) in [6, 6.07) is 0.677. The lowest BCUT2D eigenvalue weighted by molar-refractivity contribution is -0.0526. The van der Waals surface area contributed by atoms with Crippen molar-refractivity contribution >= 4 is 0 Å². The Hall–Kier alpha value is -0.0800. The number of rotatable bonds is 5. The highest BCUT2D eigenvalue weighted by Crippen LogP contribution is 2.59. The van der Waals surface area contributed by atoms with E-state index in [0.29, 0.717) is 11.5 Å². The van der Waals surface area contributed by atoms with Gasteiger partial charge in [-0.2, -0.15) is 0 Å². The Morgan fingerprint density at radius 3 is 2.10 bits per heavy atom. The second-order valence-electron chi connectivity index (χ2n) is 9.06. The van der Waals surface area contributed by atoms with Crippen LogP contribution in [0.3, 0.4) is 0 Å². The minimum absolute atomic E-state index is 0.677.